The van der Waals surface area contributed by atoms with Gasteiger partial charge in [0.15, 0.2) is 0 Å². The second-order valence-electron chi connectivity index (χ2n) is 6.14. The van der Waals surface area contributed by atoms with Crippen LogP contribution in [0, 0.1) is 5.92 Å². The first kappa shape index (κ1) is 15.4. The fourth-order valence-electron chi connectivity index (χ4n) is 2.50. The number of hydrogen-bond donors (Lipinski definition) is 2. The van der Waals surface area contributed by atoms with Crippen molar-refractivity contribution < 1.29 is 18.3 Å². The highest BCUT2D eigenvalue weighted by Gasteiger charge is 2.42. The highest BCUT2D eigenvalue weighted by molar-refractivity contribution is 5.95. The maximum Gasteiger partial charge on any atom is 0.262 e. The molecule has 4 nitrogen and oxygen atoms in total. The number of amides is 1. The lowest BCUT2D eigenvalue weighted by Crippen LogP contribution is -2.35. The zero-order valence-corrected chi connectivity index (χ0v) is 12.3. The van der Waals surface area contributed by atoms with Gasteiger partial charge < -0.3 is 10.1 Å². The number of carbonyl (C=O) groups excluding carboxylic acids is 1. The number of hydrogen-bond acceptors (Lipinski definition) is 3. The fourth-order valence-corrected chi connectivity index (χ4v) is 2.50. The molecule has 1 saturated heterocycles. The average molecular weight is 310 g/mol. The molecule has 1 saturated carbocycles. The standard InChI is InChI=1S/C16H20F2N2O2/c17-16(18)7-14(19-10-16)15(21)20-13-3-1-2-12(6-13)9-22-8-11-4-5-11/h1-3,6,11,14,19H,4-5,7-10H2,(H,20,21). The van der Waals surface area contributed by atoms with Crippen LogP contribution < -0.4 is 10.6 Å². The van der Waals surface area contributed by atoms with E-state index in [0.717, 1.165) is 12.2 Å². The lowest BCUT2D eigenvalue weighted by molar-refractivity contribution is -0.118. The Bertz CT molecular complexity index is 547. The summed E-state index contributed by atoms with van der Waals surface area (Å²) in [4.78, 5) is 12.0. The van der Waals surface area contributed by atoms with Gasteiger partial charge in [0.05, 0.1) is 19.2 Å². The van der Waals surface area contributed by atoms with Crippen molar-refractivity contribution in [2.75, 3.05) is 18.5 Å². The first-order valence-corrected chi connectivity index (χ1v) is 7.61. The molecule has 1 amide bonds. The van der Waals surface area contributed by atoms with Gasteiger partial charge >= 0.3 is 0 Å². The van der Waals surface area contributed by atoms with E-state index in [2.05, 4.69) is 10.6 Å². The van der Waals surface area contributed by atoms with Crippen molar-refractivity contribution in [3.05, 3.63) is 29.8 Å². The Labute approximate surface area is 128 Å². The third-order valence-electron chi connectivity index (χ3n) is 3.94. The zero-order chi connectivity index (χ0) is 15.6. The number of ether oxygens (including phenoxy) is 1. The van der Waals surface area contributed by atoms with Crippen molar-refractivity contribution >= 4 is 11.6 Å². The van der Waals surface area contributed by atoms with E-state index in [1.807, 2.05) is 18.2 Å². The summed E-state index contributed by atoms with van der Waals surface area (Å²) in [6.07, 6.45) is 2.03. The maximum atomic E-state index is 13.1. The molecule has 1 unspecified atom stereocenters. The number of halogens is 2. The van der Waals surface area contributed by atoms with Crippen LogP contribution in [0.4, 0.5) is 14.5 Å². The van der Waals surface area contributed by atoms with Gasteiger partial charge in [0.2, 0.25) is 5.91 Å². The van der Waals surface area contributed by atoms with Crippen LogP contribution in [0.1, 0.15) is 24.8 Å². The third kappa shape index (κ3) is 4.24. The van der Waals surface area contributed by atoms with E-state index in [1.54, 1.807) is 6.07 Å². The first-order valence-electron chi connectivity index (χ1n) is 7.61. The predicted octanol–water partition coefficient (Wildman–Crippen LogP) is 2.55. The summed E-state index contributed by atoms with van der Waals surface area (Å²) in [5.74, 6) is -2.52. The second kappa shape index (κ2) is 6.30. The highest BCUT2D eigenvalue weighted by Crippen LogP contribution is 2.29. The largest absolute Gasteiger partial charge is 0.376 e. The zero-order valence-electron chi connectivity index (χ0n) is 12.3. The summed E-state index contributed by atoms with van der Waals surface area (Å²) >= 11 is 0. The molecule has 1 aromatic rings. The predicted molar refractivity (Wildman–Crippen MR) is 78.8 cm³/mol. The van der Waals surface area contributed by atoms with Gasteiger partial charge in [-0.15, -0.1) is 0 Å². The number of anilines is 1. The number of rotatable bonds is 6. The summed E-state index contributed by atoms with van der Waals surface area (Å²) < 4.78 is 31.8. The third-order valence-corrected chi connectivity index (χ3v) is 3.94. The number of nitrogens with one attached hydrogen (secondary N) is 2. The molecule has 1 aliphatic carbocycles. The van der Waals surface area contributed by atoms with E-state index in [0.29, 0.717) is 18.2 Å². The summed E-state index contributed by atoms with van der Waals surface area (Å²) in [6.45, 7) is 0.831. The number of benzene rings is 1. The quantitative estimate of drug-likeness (QED) is 0.849. The summed E-state index contributed by atoms with van der Waals surface area (Å²) in [6, 6.07) is 6.46. The van der Waals surface area contributed by atoms with Crippen LogP contribution in [-0.2, 0) is 16.1 Å². The Morgan fingerprint density at radius 2 is 2.23 bits per heavy atom. The van der Waals surface area contributed by atoms with E-state index >= 15 is 0 Å². The lowest BCUT2D eigenvalue weighted by atomic mass is 10.1. The molecule has 3 rings (SSSR count). The maximum absolute atomic E-state index is 13.1. The van der Waals surface area contributed by atoms with Gasteiger partial charge in [-0.05, 0) is 36.5 Å². The van der Waals surface area contributed by atoms with Crippen LogP contribution in [0.25, 0.3) is 0 Å². The molecule has 2 fully saturated rings. The SMILES string of the molecule is O=C(Nc1cccc(COCC2CC2)c1)C1CC(F)(F)CN1. The van der Waals surface area contributed by atoms with Crippen molar-refractivity contribution in [3.63, 3.8) is 0 Å². The molecule has 120 valence electrons. The summed E-state index contributed by atoms with van der Waals surface area (Å²) in [5.41, 5.74) is 1.57. The van der Waals surface area contributed by atoms with Gasteiger partial charge in [-0.2, -0.15) is 0 Å². The number of alkyl halides is 2. The van der Waals surface area contributed by atoms with Crippen LogP contribution in [0.3, 0.4) is 0 Å². The molecule has 22 heavy (non-hydrogen) atoms. The minimum atomic E-state index is -2.81. The van der Waals surface area contributed by atoms with Crippen LogP contribution in [-0.4, -0.2) is 31.0 Å². The van der Waals surface area contributed by atoms with Gasteiger partial charge in [0, 0.05) is 18.7 Å². The molecule has 0 radical (unpaired) electrons. The lowest BCUT2D eigenvalue weighted by Gasteiger charge is -2.12. The number of carbonyl (C=O) groups is 1. The van der Waals surface area contributed by atoms with Crippen molar-refractivity contribution in [2.24, 2.45) is 5.92 Å². The first-order chi connectivity index (χ1) is 10.5. The Kier molecular flexibility index (Phi) is 4.40. The van der Waals surface area contributed by atoms with E-state index in [1.165, 1.54) is 12.8 Å². The van der Waals surface area contributed by atoms with Crippen LogP contribution in [0.5, 0.6) is 0 Å². The van der Waals surface area contributed by atoms with Crippen LogP contribution in [0.15, 0.2) is 24.3 Å². The molecule has 1 atom stereocenters. The molecule has 0 aromatic heterocycles. The molecule has 1 aliphatic heterocycles. The van der Waals surface area contributed by atoms with Gasteiger partial charge in [-0.3, -0.25) is 10.1 Å². The van der Waals surface area contributed by atoms with E-state index in [4.69, 9.17) is 4.74 Å². The van der Waals surface area contributed by atoms with Gasteiger partial charge in [0.1, 0.15) is 0 Å². The van der Waals surface area contributed by atoms with E-state index in [-0.39, 0.29) is 0 Å². The minimum absolute atomic E-state index is 0.423. The summed E-state index contributed by atoms with van der Waals surface area (Å²) in [5, 5.41) is 5.23. The van der Waals surface area contributed by atoms with Crippen molar-refractivity contribution in [1.82, 2.24) is 5.32 Å². The van der Waals surface area contributed by atoms with E-state index in [9.17, 15) is 13.6 Å². The molecule has 2 N–H and O–H groups in total. The van der Waals surface area contributed by atoms with Gasteiger partial charge in [-0.25, -0.2) is 8.78 Å². The van der Waals surface area contributed by atoms with Crippen LogP contribution >= 0.6 is 0 Å². The smallest absolute Gasteiger partial charge is 0.262 e. The van der Waals surface area contributed by atoms with Gasteiger partial charge in [-0.1, -0.05) is 12.1 Å². The van der Waals surface area contributed by atoms with Crippen molar-refractivity contribution in [2.45, 2.75) is 37.8 Å². The summed E-state index contributed by atoms with van der Waals surface area (Å²) in [7, 11) is 0. The molecule has 2 aliphatic rings. The Morgan fingerprint density at radius 1 is 1.41 bits per heavy atom. The van der Waals surface area contributed by atoms with Crippen LogP contribution in [0.2, 0.25) is 0 Å². The average Bonchev–Trinajstić information content (AvgIpc) is 3.21. The molecule has 0 spiro atoms. The second-order valence-corrected chi connectivity index (χ2v) is 6.14. The molecule has 1 heterocycles. The molecular formula is C16H20F2N2O2. The molecule has 1 aromatic carbocycles. The normalized spacial score (nSPS) is 23.5. The van der Waals surface area contributed by atoms with Crippen molar-refractivity contribution in [1.29, 1.82) is 0 Å². The Morgan fingerprint density at radius 3 is 2.91 bits per heavy atom. The van der Waals surface area contributed by atoms with Crippen molar-refractivity contribution in [3.8, 4) is 0 Å². The molecule has 0 bridgehead atoms. The fraction of sp³-hybridized carbons (Fsp3) is 0.562. The molecular weight excluding hydrogens is 290 g/mol. The Hall–Kier alpha value is -1.53. The monoisotopic (exact) mass is 310 g/mol. The topological polar surface area (TPSA) is 50.4 Å². The van der Waals surface area contributed by atoms with Gasteiger partial charge in [0.25, 0.3) is 5.92 Å². The molecule has 6 heteroatoms. The van der Waals surface area contributed by atoms with E-state index < -0.39 is 30.8 Å². The Balaban J connectivity index is 1.52. The highest BCUT2D eigenvalue weighted by atomic mass is 19.3. The minimum Gasteiger partial charge on any atom is -0.376 e.